The molecule has 3 aromatic carbocycles. The number of nitrogens with zero attached hydrogens (tertiary/aromatic N) is 1. The van der Waals surface area contributed by atoms with Crippen molar-refractivity contribution in [2.45, 2.75) is 4.90 Å². The maximum Gasteiger partial charge on any atom is 0.248 e. The van der Waals surface area contributed by atoms with Gasteiger partial charge in [-0.2, -0.15) is 0 Å². The average Bonchev–Trinajstić information content (AvgIpc) is 3.33. The summed E-state index contributed by atoms with van der Waals surface area (Å²) >= 11 is 14.8. The summed E-state index contributed by atoms with van der Waals surface area (Å²) in [5.74, 6) is -0.140. The molecule has 0 aliphatic rings. The lowest BCUT2D eigenvalue weighted by Gasteiger charge is -2.05. The van der Waals surface area contributed by atoms with Gasteiger partial charge in [0.05, 0.1) is 21.5 Å². The van der Waals surface area contributed by atoms with Crippen LogP contribution in [-0.4, -0.2) is 22.6 Å². The van der Waals surface area contributed by atoms with Crippen LogP contribution >= 0.6 is 46.3 Å². The SMILES string of the molecule is O=C(/C=C/c1ccccc1)Nc1ccc(SCC(=O)Nc2nc(-c3ccc(Cl)c(Cl)c3)cs2)cc1. The molecule has 0 atom stereocenters. The fourth-order valence-corrected chi connectivity index (χ4v) is 4.71. The van der Waals surface area contributed by atoms with Crippen LogP contribution < -0.4 is 10.6 Å². The molecule has 4 rings (SSSR count). The van der Waals surface area contributed by atoms with E-state index in [9.17, 15) is 9.59 Å². The van der Waals surface area contributed by atoms with Crippen molar-refractivity contribution in [1.82, 2.24) is 4.98 Å². The summed E-state index contributed by atoms with van der Waals surface area (Å²) in [7, 11) is 0. The molecule has 1 aromatic heterocycles. The molecule has 0 aliphatic heterocycles. The molecule has 1 heterocycles. The van der Waals surface area contributed by atoms with Gasteiger partial charge in [-0.3, -0.25) is 9.59 Å². The maximum absolute atomic E-state index is 12.4. The number of thiazole rings is 1. The van der Waals surface area contributed by atoms with Gasteiger partial charge < -0.3 is 10.6 Å². The van der Waals surface area contributed by atoms with Crippen LogP contribution in [0.15, 0.2) is 89.1 Å². The summed E-state index contributed by atoms with van der Waals surface area (Å²) in [5.41, 5.74) is 3.18. The Balaban J connectivity index is 1.25. The Bertz CT molecular complexity index is 1360. The Labute approximate surface area is 221 Å². The molecule has 0 spiro atoms. The van der Waals surface area contributed by atoms with Crippen LogP contribution in [0.3, 0.4) is 0 Å². The van der Waals surface area contributed by atoms with Gasteiger partial charge in [-0.25, -0.2) is 4.98 Å². The Hall–Kier alpha value is -3.10. The van der Waals surface area contributed by atoms with E-state index in [-0.39, 0.29) is 17.6 Å². The van der Waals surface area contributed by atoms with Gasteiger partial charge in [0, 0.05) is 27.6 Å². The molecule has 0 saturated carbocycles. The van der Waals surface area contributed by atoms with Crippen molar-refractivity contribution in [3.05, 3.63) is 99.9 Å². The third-order valence-electron chi connectivity index (χ3n) is 4.68. The van der Waals surface area contributed by atoms with Gasteiger partial charge >= 0.3 is 0 Å². The number of hydrogen-bond acceptors (Lipinski definition) is 5. The highest BCUT2D eigenvalue weighted by atomic mass is 35.5. The molecule has 0 saturated heterocycles. The average molecular weight is 540 g/mol. The molecule has 2 amide bonds. The number of thioether (sulfide) groups is 1. The number of benzene rings is 3. The van der Waals surface area contributed by atoms with E-state index < -0.39 is 0 Å². The highest BCUT2D eigenvalue weighted by molar-refractivity contribution is 8.00. The zero-order valence-electron chi connectivity index (χ0n) is 18.2. The van der Waals surface area contributed by atoms with Crippen LogP contribution in [0.4, 0.5) is 10.8 Å². The van der Waals surface area contributed by atoms with Crippen molar-refractivity contribution in [3.8, 4) is 11.3 Å². The second-order valence-electron chi connectivity index (χ2n) is 7.26. The summed E-state index contributed by atoms with van der Waals surface area (Å²) in [5, 5.41) is 8.93. The Morgan fingerprint density at radius 2 is 1.71 bits per heavy atom. The van der Waals surface area contributed by atoms with Gasteiger partial charge in [-0.15, -0.1) is 23.1 Å². The van der Waals surface area contributed by atoms with Crippen LogP contribution in [0.2, 0.25) is 10.0 Å². The summed E-state index contributed by atoms with van der Waals surface area (Å²) in [4.78, 5) is 29.8. The lowest BCUT2D eigenvalue weighted by molar-refractivity contribution is -0.114. The van der Waals surface area contributed by atoms with Gasteiger partial charge in [0.15, 0.2) is 5.13 Å². The normalized spacial score (nSPS) is 10.9. The molecule has 0 radical (unpaired) electrons. The Morgan fingerprint density at radius 1 is 0.943 bits per heavy atom. The smallest absolute Gasteiger partial charge is 0.248 e. The van der Waals surface area contributed by atoms with Crippen molar-refractivity contribution >= 4 is 75.0 Å². The molecule has 176 valence electrons. The molecule has 4 aromatic rings. The number of carbonyl (C=O) groups is 2. The van der Waals surface area contributed by atoms with Crippen LogP contribution in [-0.2, 0) is 9.59 Å². The molecular weight excluding hydrogens is 521 g/mol. The first-order valence-corrected chi connectivity index (χ1v) is 13.1. The van der Waals surface area contributed by atoms with E-state index in [1.165, 1.54) is 29.2 Å². The lowest BCUT2D eigenvalue weighted by Crippen LogP contribution is -2.13. The van der Waals surface area contributed by atoms with E-state index in [1.54, 1.807) is 30.3 Å². The molecule has 5 nitrogen and oxygen atoms in total. The van der Waals surface area contributed by atoms with Crippen molar-refractivity contribution in [2.75, 3.05) is 16.4 Å². The van der Waals surface area contributed by atoms with E-state index in [4.69, 9.17) is 23.2 Å². The van der Waals surface area contributed by atoms with Crippen molar-refractivity contribution < 1.29 is 9.59 Å². The molecule has 2 N–H and O–H groups in total. The van der Waals surface area contributed by atoms with E-state index in [0.717, 1.165) is 16.0 Å². The summed E-state index contributed by atoms with van der Waals surface area (Å²) in [6.45, 7) is 0. The van der Waals surface area contributed by atoms with Crippen molar-refractivity contribution in [1.29, 1.82) is 0 Å². The van der Waals surface area contributed by atoms with Gasteiger partial charge in [-0.05, 0) is 48.0 Å². The van der Waals surface area contributed by atoms with Gasteiger partial charge in [0.1, 0.15) is 0 Å². The highest BCUT2D eigenvalue weighted by Gasteiger charge is 2.10. The molecule has 0 bridgehead atoms. The highest BCUT2D eigenvalue weighted by Crippen LogP contribution is 2.30. The maximum atomic E-state index is 12.4. The summed E-state index contributed by atoms with van der Waals surface area (Å²) in [6.07, 6.45) is 3.25. The number of hydrogen-bond donors (Lipinski definition) is 2. The number of aromatic nitrogens is 1. The van der Waals surface area contributed by atoms with Gasteiger partial charge in [0.2, 0.25) is 11.8 Å². The predicted octanol–water partition coefficient (Wildman–Crippen LogP) is 7.50. The zero-order chi connectivity index (χ0) is 24.6. The third-order valence-corrected chi connectivity index (χ3v) is 7.19. The second-order valence-corrected chi connectivity index (χ2v) is 9.98. The molecule has 9 heteroatoms. The number of halogens is 2. The standard InChI is InChI=1S/C26H19Cl2N3O2S2/c27-21-12-7-18(14-22(21)28)23-15-35-26(30-23)31-25(33)16-34-20-10-8-19(9-11-20)29-24(32)13-6-17-4-2-1-3-5-17/h1-15H,16H2,(H,29,32)(H,30,31,33)/b13-6+. The quantitative estimate of drug-likeness (QED) is 0.179. The lowest BCUT2D eigenvalue weighted by atomic mass is 10.2. The van der Waals surface area contributed by atoms with E-state index in [1.807, 2.05) is 53.9 Å². The number of amides is 2. The minimum atomic E-state index is -0.211. The molecule has 0 unspecified atom stereocenters. The Kier molecular flexibility index (Phi) is 8.60. The summed E-state index contributed by atoms with van der Waals surface area (Å²) < 4.78 is 0. The number of carbonyl (C=O) groups excluding carboxylic acids is 2. The van der Waals surface area contributed by atoms with E-state index in [0.29, 0.717) is 26.6 Å². The minimum absolute atomic E-state index is 0.159. The van der Waals surface area contributed by atoms with E-state index in [2.05, 4.69) is 15.6 Å². The topological polar surface area (TPSA) is 71.1 Å². The monoisotopic (exact) mass is 539 g/mol. The largest absolute Gasteiger partial charge is 0.323 e. The minimum Gasteiger partial charge on any atom is -0.323 e. The number of anilines is 2. The van der Waals surface area contributed by atoms with Crippen molar-refractivity contribution in [3.63, 3.8) is 0 Å². The zero-order valence-corrected chi connectivity index (χ0v) is 21.3. The van der Waals surface area contributed by atoms with Gasteiger partial charge in [-0.1, -0.05) is 59.6 Å². The Morgan fingerprint density at radius 3 is 2.46 bits per heavy atom. The molecular formula is C26H19Cl2N3O2S2. The van der Waals surface area contributed by atoms with Crippen LogP contribution in [0, 0.1) is 0 Å². The molecule has 0 aliphatic carbocycles. The van der Waals surface area contributed by atoms with Crippen LogP contribution in [0.25, 0.3) is 17.3 Å². The first-order chi connectivity index (χ1) is 17.0. The first-order valence-electron chi connectivity index (χ1n) is 10.4. The second kappa shape index (κ2) is 12.0. The van der Waals surface area contributed by atoms with E-state index >= 15 is 0 Å². The third kappa shape index (κ3) is 7.44. The van der Waals surface area contributed by atoms with Gasteiger partial charge in [0.25, 0.3) is 0 Å². The van der Waals surface area contributed by atoms with Crippen LogP contribution in [0.1, 0.15) is 5.56 Å². The van der Waals surface area contributed by atoms with Crippen molar-refractivity contribution in [2.24, 2.45) is 0 Å². The fraction of sp³-hybridized carbons (Fsp3) is 0.0385. The first kappa shape index (κ1) is 25.0. The molecule has 35 heavy (non-hydrogen) atoms. The molecule has 0 fully saturated rings. The van der Waals surface area contributed by atoms with Crippen LogP contribution in [0.5, 0.6) is 0 Å². The number of rotatable bonds is 8. The fourth-order valence-electron chi connectivity index (χ4n) is 2.98. The predicted molar refractivity (Wildman–Crippen MR) is 147 cm³/mol. The number of nitrogens with one attached hydrogen (secondary N) is 2. The summed E-state index contributed by atoms with van der Waals surface area (Å²) in [6, 6.07) is 22.2.